The third-order valence-corrected chi connectivity index (χ3v) is 2.26. The molecule has 0 aliphatic carbocycles. The second-order valence-electron chi connectivity index (χ2n) is 3.53. The summed E-state index contributed by atoms with van der Waals surface area (Å²) in [6.45, 7) is -0.0527. The minimum Gasteiger partial charge on any atom is -0.545 e. The number of carboxylic acids is 1. The van der Waals surface area contributed by atoms with Crippen LogP contribution in [0.15, 0.2) is 12.1 Å². The number of nitro benzene ring substituents is 2. The lowest BCUT2D eigenvalue weighted by atomic mass is 10.1. The van der Waals surface area contributed by atoms with E-state index in [0.717, 1.165) is 0 Å². The summed E-state index contributed by atoms with van der Waals surface area (Å²) >= 11 is 0. The van der Waals surface area contributed by atoms with Gasteiger partial charge >= 0.3 is 0 Å². The van der Waals surface area contributed by atoms with E-state index in [-0.39, 0.29) is 13.0 Å². The van der Waals surface area contributed by atoms with Gasteiger partial charge in [0.2, 0.25) is 0 Å². The van der Waals surface area contributed by atoms with Gasteiger partial charge in [-0.1, -0.05) is 0 Å². The lowest BCUT2D eigenvalue weighted by Gasteiger charge is -2.09. The van der Waals surface area contributed by atoms with Gasteiger partial charge in [0.15, 0.2) is 5.69 Å². The van der Waals surface area contributed by atoms with E-state index in [0.29, 0.717) is 12.1 Å². The van der Waals surface area contributed by atoms with Crippen LogP contribution in [0.2, 0.25) is 0 Å². The Balaban J connectivity index is 3.43. The molecule has 1 aromatic carbocycles. The van der Waals surface area contributed by atoms with Crippen LogP contribution in [0.4, 0.5) is 17.1 Å². The molecule has 0 atom stereocenters. The van der Waals surface area contributed by atoms with E-state index in [4.69, 9.17) is 5.26 Å². The van der Waals surface area contributed by atoms with Crippen LogP contribution in [0.5, 0.6) is 0 Å². The standard InChI is InChI=1S/C10H8N4O6/c11-2-1-3-12-9-7(13(17)18)4-6(10(15)16)5-8(9)14(19)20/h4-5,12H,1,3H2,(H,15,16)/p-1. The lowest BCUT2D eigenvalue weighted by molar-refractivity contribution is -0.392. The van der Waals surface area contributed by atoms with Crippen molar-refractivity contribution < 1.29 is 19.7 Å². The molecule has 0 saturated heterocycles. The quantitative estimate of drug-likeness (QED) is 0.438. The van der Waals surface area contributed by atoms with Crippen molar-refractivity contribution in [1.82, 2.24) is 0 Å². The van der Waals surface area contributed by atoms with Crippen molar-refractivity contribution in [3.63, 3.8) is 0 Å². The molecular formula is C10H7N4O6-. The van der Waals surface area contributed by atoms with Crippen LogP contribution in [-0.4, -0.2) is 22.4 Å². The number of rotatable bonds is 6. The Morgan fingerprint density at radius 2 is 1.75 bits per heavy atom. The molecule has 20 heavy (non-hydrogen) atoms. The SMILES string of the molecule is N#CCCNc1c([N+](=O)[O-])cc(C(=O)[O-])cc1[N+](=O)[O-]. The van der Waals surface area contributed by atoms with E-state index >= 15 is 0 Å². The topological polar surface area (TPSA) is 162 Å². The van der Waals surface area contributed by atoms with Crippen LogP contribution >= 0.6 is 0 Å². The number of anilines is 1. The highest BCUT2D eigenvalue weighted by Crippen LogP contribution is 2.35. The molecule has 10 heteroatoms. The number of aromatic carboxylic acids is 1. The zero-order chi connectivity index (χ0) is 15.3. The normalized spacial score (nSPS) is 9.55. The number of nitriles is 1. The predicted octanol–water partition coefficient (Wildman–Crippen LogP) is 0.192. The molecule has 0 amide bonds. The number of nitrogens with zero attached hydrogens (tertiary/aromatic N) is 3. The van der Waals surface area contributed by atoms with Crippen LogP contribution in [0.25, 0.3) is 0 Å². The monoisotopic (exact) mass is 279 g/mol. The number of benzene rings is 1. The molecule has 0 bridgehead atoms. The van der Waals surface area contributed by atoms with Crippen molar-refractivity contribution in [2.24, 2.45) is 0 Å². The van der Waals surface area contributed by atoms with Crippen molar-refractivity contribution in [3.05, 3.63) is 37.9 Å². The minimum atomic E-state index is -1.76. The molecule has 10 nitrogen and oxygen atoms in total. The van der Waals surface area contributed by atoms with Crippen LogP contribution in [0.1, 0.15) is 16.8 Å². The van der Waals surface area contributed by atoms with E-state index < -0.39 is 38.4 Å². The fourth-order valence-corrected chi connectivity index (χ4v) is 1.44. The fraction of sp³-hybridized carbons (Fsp3) is 0.200. The molecule has 1 N–H and O–H groups in total. The summed E-state index contributed by atoms with van der Waals surface area (Å²) in [6, 6.07) is 3.09. The van der Waals surface area contributed by atoms with Crippen LogP contribution in [-0.2, 0) is 0 Å². The first-order valence-electron chi connectivity index (χ1n) is 5.17. The van der Waals surface area contributed by atoms with Gasteiger partial charge in [0.25, 0.3) is 11.4 Å². The Morgan fingerprint density at radius 1 is 1.25 bits per heavy atom. The third-order valence-electron chi connectivity index (χ3n) is 2.26. The van der Waals surface area contributed by atoms with Gasteiger partial charge in [-0.05, 0) is 0 Å². The van der Waals surface area contributed by atoms with Gasteiger partial charge in [-0.15, -0.1) is 0 Å². The summed E-state index contributed by atoms with van der Waals surface area (Å²) in [7, 11) is 0. The Hall–Kier alpha value is -3.22. The van der Waals surface area contributed by atoms with E-state index in [9.17, 15) is 30.1 Å². The number of hydrogen-bond donors (Lipinski definition) is 1. The van der Waals surface area contributed by atoms with Gasteiger partial charge in [0, 0.05) is 24.2 Å². The Kier molecular flexibility index (Phi) is 4.52. The number of carboxylic acid groups (broad SMARTS) is 1. The van der Waals surface area contributed by atoms with Crippen molar-refractivity contribution in [2.45, 2.75) is 6.42 Å². The highest BCUT2D eigenvalue weighted by atomic mass is 16.6. The van der Waals surface area contributed by atoms with E-state index in [1.54, 1.807) is 6.07 Å². The molecule has 0 spiro atoms. The second-order valence-corrected chi connectivity index (χ2v) is 3.53. The molecular weight excluding hydrogens is 272 g/mol. The van der Waals surface area contributed by atoms with Gasteiger partial charge in [0.05, 0.1) is 28.3 Å². The Bertz CT molecular complexity index is 586. The maximum absolute atomic E-state index is 10.9. The summed E-state index contributed by atoms with van der Waals surface area (Å²) < 4.78 is 0. The number of carbonyl (C=O) groups excluding carboxylic acids is 1. The minimum absolute atomic E-state index is 0.0312. The number of nitrogens with one attached hydrogen (secondary N) is 1. The predicted molar refractivity (Wildman–Crippen MR) is 62.8 cm³/mol. The largest absolute Gasteiger partial charge is 0.545 e. The number of carbonyl (C=O) groups is 1. The number of hydrogen-bond acceptors (Lipinski definition) is 8. The van der Waals surface area contributed by atoms with Gasteiger partial charge < -0.3 is 15.2 Å². The van der Waals surface area contributed by atoms with E-state index in [2.05, 4.69) is 5.32 Å². The first kappa shape index (κ1) is 14.8. The summed E-state index contributed by atoms with van der Waals surface area (Å²) in [5, 5.41) is 43.2. The number of nitro groups is 2. The van der Waals surface area contributed by atoms with E-state index in [1.807, 2.05) is 0 Å². The van der Waals surface area contributed by atoms with Gasteiger partial charge in [-0.3, -0.25) is 20.2 Å². The fourth-order valence-electron chi connectivity index (χ4n) is 1.44. The molecule has 104 valence electrons. The smallest absolute Gasteiger partial charge is 0.300 e. The average molecular weight is 279 g/mol. The molecule has 0 aliphatic heterocycles. The zero-order valence-corrected chi connectivity index (χ0v) is 9.86. The van der Waals surface area contributed by atoms with Crippen LogP contribution in [0.3, 0.4) is 0 Å². The van der Waals surface area contributed by atoms with Crippen molar-refractivity contribution in [3.8, 4) is 6.07 Å². The molecule has 0 saturated carbocycles. The molecule has 1 aromatic rings. The third kappa shape index (κ3) is 3.16. The van der Waals surface area contributed by atoms with Gasteiger partial charge in [0.1, 0.15) is 0 Å². The maximum Gasteiger partial charge on any atom is 0.300 e. The molecule has 0 heterocycles. The van der Waals surface area contributed by atoms with Crippen molar-refractivity contribution >= 4 is 23.0 Å². The Morgan fingerprint density at radius 3 is 2.10 bits per heavy atom. The molecule has 0 fully saturated rings. The first-order valence-corrected chi connectivity index (χ1v) is 5.17. The lowest BCUT2D eigenvalue weighted by Crippen LogP contribution is -2.22. The molecule has 0 aliphatic rings. The molecule has 0 aromatic heterocycles. The van der Waals surface area contributed by atoms with Crippen molar-refractivity contribution in [1.29, 1.82) is 5.26 Å². The molecule has 1 rings (SSSR count). The van der Waals surface area contributed by atoms with Crippen LogP contribution in [0, 0.1) is 31.6 Å². The zero-order valence-electron chi connectivity index (χ0n) is 9.86. The van der Waals surface area contributed by atoms with Gasteiger partial charge in [-0.25, -0.2) is 0 Å². The first-order chi connectivity index (χ1) is 9.38. The summed E-state index contributed by atoms with van der Waals surface area (Å²) in [5.41, 5.74) is -2.65. The molecule has 0 unspecified atom stereocenters. The summed E-state index contributed by atoms with van der Waals surface area (Å²) in [5.74, 6) is -1.76. The van der Waals surface area contributed by atoms with E-state index in [1.165, 1.54) is 0 Å². The van der Waals surface area contributed by atoms with Crippen LogP contribution < -0.4 is 10.4 Å². The Labute approximate surface area is 111 Å². The van der Waals surface area contributed by atoms with Crippen molar-refractivity contribution in [2.75, 3.05) is 11.9 Å². The highest BCUT2D eigenvalue weighted by molar-refractivity contribution is 5.91. The maximum atomic E-state index is 10.9. The second kappa shape index (κ2) is 6.10. The average Bonchev–Trinajstić information content (AvgIpc) is 2.37. The van der Waals surface area contributed by atoms with Gasteiger partial charge in [-0.2, -0.15) is 5.26 Å². The summed E-state index contributed by atoms with van der Waals surface area (Å²) in [6.07, 6.45) is -0.0312. The molecule has 0 radical (unpaired) electrons. The highest BCUT2D eigenvalue weighted by Gasteiger charge is 2.26. The summed E-state index contributed by atoms with van der Waals surface area (Å²) in [4.78, 5) is 30.5.